The number of aromatic hydroxyl groups is 2. The first-order valence-corrected chi connectivity index (χ1v) is 3.66. The number of benzene rings is 1. The minimum Gasteiger partial charge on any atom is -0.508 e. The summed E-state index contributed by atoms with van der Waals surface area (Å²) >= 11 is 0. The maximum Gasteiger partial charge on any atom is 0.121 e. The van der Waals surface area contributed by atoms with Crippen molar-refractivity contribution in [3.63, 3.8) is 0 Å². The van der Waals surface area contributed by atoms with Crippen LogP contribution >= 0.6 is 0 Å². The lowest BCUT2D eigenvalue weighted by Gasteiger charge is -2.04. The highest BCUT2D eigenvalue weighted by molar-refractivity contribution is 5.44. The first-order chi connectivity index (χ1) is 5.15. The number of aryl methyl sites for hydroxylation is 2. The van der Waals surface area contributed by atoms with Gasteiger partial charge in [-0.05, 0) is 36.6 Å². The van der Waals surface area contributed by atoms with Crippen LogP contribution in [-0.4, -0.2) is 10.2 Å². The Bertz CT molecular complexity index is 267. The van der Waals surface area contributed by atoms with E-state index in [9.17, 15) is 5.11 Å². The molecule has 60 valence electrons. The van der Waals surface area contributed by atoms with Crippen LogP contribution in [0.25, 0.3) is 0 Å². The lowest BCUT2D eigenvalue weighted by molar-refractivity contribution is 0.451. The topological polar surface area (TPSA) is 40.5 Å². The SMILES string of the molecule is CCc1cc(O)cc(C)c1O. The van der Waals surface area contributed by atoms with Gasteiger partial charge < -0.3 is 10.2 Å². The molecule has 0 radical (unpaired) electrons. The van der Waals surface area contributed by atoms with Crippen molar-refractivity contribution in [1.29, 1.82) is 0 Å². The largest absolute Gasteiger partial charge is 0.508 e. The lowest BCUT2D eigenvalue weighted by Crippen LogP contribution is -1.84. The van der Waals surface area contributed by atoms with Crippen LogP contribution in [0.1, 0.15) is 18.1 Å². The van der Waals surface area contributed by atoms with Gasteiger partial charge in [-0.1, -0.05) is 6.92 Å². The number of hydrogen-bond donors (Lipinski definition) is 2. The number of phenolic OH excluding ortho intramolecular Hbond substituents is 2. The molecule has 0 saturated carbocycles. The van der Waals surface area contributed by atoms with Crippen molar-refractivity contribution in [2.45, 2.75) is 20.3 Å². The van der Waals surface area contributed by atoms with Crippen LogP contribution in [0.5, 0.6) is 11.5 Å². The Morgan fingerprint density at radius 1 is 1.27 bits per heavy atom. The fourth-order valence-electron chi connectivity index (χ4n) is 1.10. The zero-order valence-electron chi connectivity index (χ0n) is 6.76. The quantitative estimate of drug-likeness (QED) is 0.604. The Hall–Kier alpha value is -1.18. The predicted octanol–water partition coefficient (Wildman–Crippen LogP) is 1.97. The van der Waals surface area contributed by atoms with E-state index in [2.05, 4.69) is 0 Å². The Labute approximate surface area is 66.1 Å². The van der Waals surface area contributed by atoms with E-state index in [-0.39, 0.29) is 5.75 Å². The summed E-state index contributed by atoms with van der Waals surface area (Å²) in [7, 11) is 0. The second-order valence-corrected chi connectivity index (χ2v) is 2.62. The minimum atomic E-state index is 0.220. The molecule has 2 N–H and O–H groups in total. The van der Waals surface area contributed by atoms with E-state index >= 15 is 0 Å². The van der Waals surface area contributed by atoms with Crippen molar-refractivity contribution in [3.8, 4) is 11.5 Å². The maximum atomic E-state index is 9.41. The summed E-state index contributed by atoms with van der Waals surface area (Å²) in [6, 6.07) is 3.14. The first kappa shape index (κ1) is 7.92. The van der Waals surface area contributed by atoms with E-state index in [0.29, 0.717) is 5.75 Å². The van der Waals surface area contributed by atoms with E-state index in [1.807, 2.05) is 6.92 Å². The van der Waals surface area contributed by atoms with Crippen LogP contribution in [0.3, 0.4) is 0 Å². The van der Waals surface area contributed by atoms with E-state index < -0.39 is 0 Å². The van der Waals surface area contributed by atoms with Gasteiger partial charge in [-0.2, -0.15) is 0 Å². The van der Waals surface area contributed by atoms with Gasteiger partial charge in [-0.15, -0.1) is 0 Å². The number of rotatable bonds is 1. The van der Waals surface area contributed by atoms with Gasteiger partial charge in [0.15, 0.2) is 0 Å². The second-order valence-electron chi connectivity index (χ2n) is 2.62. The summed E-state index contributed by atoms with van der Waals surface area (Å²) in [5.74, 6) is 0.516. The van der Waals surface area contributed by atoms with Crippen LogP contribution in [-0.2, 0) is 6.42 Å². The number of hydrogen-bond acceptors (Lipinski definition) is 2. The molecule has 0 aliphatic carbocycles. The van der Waals surface area contributed by atoms with Crippen molar-refractivity contribution < 1.29 is 10.2 Å². The Morgan fingerprint density at radius 3 is 2.45 bits per heavy atom. The van der Waals surface area contributed by atoms with Crippen LogP contribution in [0, 0.1) is 6.92 Å². The van der Waals surface area contributed by atoms with Crippen molar-refractivity contribution in [3.05, 3.63) is 23.3 Å². The fourth-order valence-corrected chi connectivity index (χ4v) is 1.10. The number of phenols is 2. The highest BCUT2D eigenvalue weighted by Crippen LogP contribution is 2.26. The molecule has 2 nitrogen and oxygen atoms in total. The molecular formula is C9H12O2. The average Bonchev–Trinajstić information content (AvgIpc) is 1.96. The summed E-state index contributed by atoms with van der Waals surface area (Å²) in [4.78, 5) is 0. The summed E-state index contributed by atoms with van der Waals surface area (Å²) in [5, 5.41) is 18.5. The van der Waals surface area contributed by atoms with E-state index in [1.165, 1.54) is 0 Å². The van der Waals surface area contributed by atoms with Gasteiger partial charge in [-0.3, -0.25) is 0 Å². The van der Waals surface area contributed by atoms with E-state index in [0.717, 1.165) is 17.5 Å². The Balaban J connectivity index is 3.24. The molecule has 11 heavy (non-hydrogen) atoms. The smallest absolute Gasteiger partial charge is 0.121 e. The predicted molar refractivity (Wildman–Crippen MR) is 43.9 cm³/mol. The molecule has 2 heteroatoms. The molecule has 1 aromatic carbocycles. The standard InChI is InChI=1S/C9H12O2/c1-3-7-5-8(10)4-6(2)9(7)11/h4-5,10-11H,3H2,1-2H3. The second kappa shape index (κ2) is 2.82. The van der Waals surface area contributed by atoms with Crippen molar-refractivity contribution in [2.75, 3.05) is 0 Å². The summed E-state index contributed by atoms with van der Waals surface area (Å²) < 4.78 is 0. The van der Waals surface area contributed by atoms with Crippen LogP contribution in [0.15, 0.2) is 12.1 Å². The first-order valence-electron chi connectivity index (χ1n) is 3.66. The third-order valence-corrected chi connectivity index (χ3v) is 1.75. The molecule has 0 aliphatic rings. The summed E-state index contributed by atoms with van der Waals surface area (Å²) in [6.07, 6.45) is 0.737. The van der Waals surface area contributed by atoms with Crippen molar-refractivity contribution in [1.82, 2.24) is 0 Å². The molecule has 0 fully saturated rings. The highest BCUT2D eigenvalue weighted by atomic mass is 16.3. The van der Waals surface area contributed by atoms with Gasteiger partial charge in [0.05, 0.1) is 0 Å². The van der Waals surface area contributed by atoms with Crippen molar-refractivity contribution >= 4 is 0 Å². The molecule has 0 saturated heterocycles. The molecule has 0 atom stereocenters. The van der Waals surface area contributed by atoms with Crippen molar-refractivity contribution in [2.24, 2.45) is 0 Å². The Kier molecular flexibility index (Phi) is 2.03. The molecule has 0 aromatic heterocycles. The average molecular weight is 152 g/mol. The molecule has 0 amide bonds. The minimum absolute atomic E-state index is 0.220. The lowest BCUT2D eigenvalue weighted by atomic mass is 10.1. The van der Waals surface area contributed by atoms with Gasteiger partial charge in [0.1, 0.15) is 11.5 Å². The molecule has 0 aliphatic heterocycles. The highest BCUT2D eigenvalue weighted by Gasteiger charge is 2.03. The van der Waals surface area contributed by atoms with Gasteiger partial charge in [0, 0.05) is 0 Å². The third-order valence-electron chi connectivity index (χ3n) is 1.75. The van der Waals surface area contributed by atoms with Gasteiger partial charge in [-0.25, -0.2) is 0 Å². The Morgan fingerprint density at radius 2 is 1.91 bits per heavy atom. The summed E-state index contributed by atoms with van der Waals surface area (Å²) in [6.45, 7) is 3.71. The van der Waals surface area contributed by atoms with Crippen LogP contribution < -0.4 is 0 Å². The molecule has 0 spiro atoms. The van der Waals surface area contributed by atoms with E-state index in [1.54, 1.807) is 19.1 Å². The monoisotopic (exact) mass is 152 g/mol. The molecule has 0 heterocycles. The van der Waals surface area contributed by atoms with Crippen LogP contribution in [0.4, 0.5) is 0 Å². The molecule has 1 aromatic rings. The molecule has 0 unspecified atom stereocenters. The zero-order valence-corrected chi connectivity index (χ0v) is 6.76. The fraction of sp³-hybridized carbons (Fsp3) is 0.333. The molecular weight excluding hydrogens is 140 g/mol. The normalized spacial score (nSPS) is 10.0. The van der Waals surface area contributed by atoms with E-state index in [4.69, 9.17) is 5.11 Å². The van der Waals surface area contributed by atoms with Gasteiger partial charge in [0.25, 0.3) is 0 Å². The molecule has 1 rings (SSSR count). The van der Waals surface area contributed by atoms with Gasteiger partial charge >= 0.3 is 0 Å². The van der Waals surface area contributed by atoms with Gasteiger partial charge in [0.2, 0.25) is 0 Å². The summed E-state index contributed by atoms with van der Waals surface area (Å²) in [5.41, 5.74) is 1.52. The third kappa shape index (κ3) is 1.45. The zero-order chi connectivity index (χ0) is 8.43. The van der Waals surface area contributed by atoms with Crippen LogP contribution in [0.2, 0.25) is 0 Å². The molecule has 0 bridgehead atoms. The maximum absolute atomic E-state index is 9.41.